The molecule has 0 aliphatic heterocycles. The third-order valence-electron chi connectivity index (χ3n) is 2.26. The maximum Gasteiger partial charge on any atom is 0.0419 e. The highest BCUT2D eigenvalue weighted by atomic mass is 15.1. The van der Waals surface area contributed by atoms with Gasteiger partial charge in [0.1, 0.15) is 0 Å². The Balaban J connectivity index is 2.50. The van der Waals surface area contributed by atoms with Gasteiger partial charge in [0.15, 0.2) is 0 Å². The van der Waals surface area contributed by atoms with Crippen molar-refractivity contribution in [3.05, 3.63) is 30.1 Å². The molecule has 1 heterocycles. The van der Waals surface area contributed by atoms with Gasteiger partial charge in [0.2, 0.25) is 0 Å². The predicted molar refractivity (Wildman–Crippen MR) is 64.0 cm³/mol. The van der Waals surface area contributed by atoms with Crippen LogP contribution in [0.3, 0.4) is 0 Å². The van der Waals surface area contributed by atoms with Gasteiger partial charge in [-0.1, -0.05) is 13.0 Å². The zero-order valence-corrected chi connectivity index (χ0v) is 9.90. The lowest BCUT2D eigenvalue weighted by Gasteiger charge is -2.21. The molecular weight excluding hydrogens is 186 g/mol. The Morgan fingerprint density at radius 1 is 1.40 bits per heavy atom. The molecule has 0 amide bonds. The van der Waals surface area contributed by atoms with Gasteiger partial charge >= 0.3 is 0 Å². The van der Waals surface area contributed by atoms with Gasteiger partial charge in [0.05, 0.1) is 0 Å². The molecular formula is C12H21N3. The lowest BCUT2D eigenvalue weighted by atomic mass is 10.1. The molecule has 84 valence electrons. The van der Waals surface area contributed by atoms with Crippen molar-refractivity contribution in [2.45, 2.75) is 19.4 Å². The Labute approximate surface area is 92.5 Å². The monoisotopic (exact) mass is 207 g/mol. The quantitative estimate of drug-likeness (QED) is 0.759. The fourth-order valence-electron chi connectivity index (χ4n) is 1.70. The third-order valence-corrected chi connectivity index (χ3v) is 2.26. The maximum atomic E-state index is 4.35. The summed E-state index contributed by atoms with van der Waals surface area (Å²) in [5.74, 6) is 0. The molecule has 0 aliphatic rings. The highest BCUT2D eigenvalue weighted by Gasteiger charge is 2.09. The normalized spacial score (nSPS) is 13.1. The number of rotatable bonds is 6. The summed E-state index contributed by atoms with van der Waals surface area (Å²) < 4.78 is 0. The Kier molecular flexibility index (Phi) is 5.29. The van der Waals surface area contributed by atoms with Crippen molar-refractivity contribution in [1.82, 2.24) is 15.2 Å². The molecule has 1 aromatic rings. The van der Waals surface area contributed by atoms with Gasteiger partial charge in [-0.15, -0.1) is 0 Å². The summed E-state index contributed by atoms with van der Waals surface area (Å²) >= 11 is 0. The van der Waals surface area contributed by atoms with Crippen LogP contribution in [-0.4, -0.2) is 43.1 Å². The number of hydrogen-bond donors (Lipinski definition) is 1. The number of pyridine rings is 1. The standard InChI is InChI=1S/C12H21N3/c1-4-13-12(10-15(2)3)9-11-7-5-6-8-14-11/h5-8,12-13H,4,9-10H2,1-3H3. The smallest absolute Gasteiger partial charge is 0.0419 e. The van der Waals surface area contributed by atoms with Gasteiger partial charge in [-0.25, -0.2) is 0 Å². The summed E-state index contributed by atoms with van der Waals surface area (Å²) in [5, 5.41) is 3.48. The average molecular weight is 207 g/mol. The molecule has 1 atom stereocenters. The average Bonchev–Trinajstić information content (AvgIpc) is 2.18. The van der Waals surface area contributed by atoms with Crippen molar-refractivity contribution in [3.8, 4) is 0 Å². The van der Waals surface area contributed by atoms with Crippen LogP contribution in [0.2, 0.25) is 0 Å². The van der Waals surface area contributed by atoms with Crippen molar-refractivity contribution >= 4 is 0 Å². The first-order chi connectivity index (χ1) is 7.22. The first-order valence-electron chi connectivity index (χ1n) is 5.50. The van der Waals surface area contributed by atoms with Crippen molar-refractivity contribution in [2.75, 3.05) is 27.2 Å². The van der Waals surface area contributed by atoms with E-state index in [-0.39, 0.29) is 0 Å². The van der Waals surface area contributed by atoms with Crippen molar-refractivity contribution in [2.24, 2.45) is 0 Å². The van der Waals surface area contributed by atoms with Crippen LogP contribution < -0.4 is 5.32 Å². The van der Waals surface area contributed by atoms with E-state index in [0.29, 0.717) is 6.04 Å². The summed E-state index contributed by atoms with van der Waals surface area (Å²) in [6.45, 7) is 4.19. The van der Waals surface area contributed by atoms with E-state index in [1.54, 1.807) is 0 Å². The Bertz CT molecular complexity index is 259. The van der Waals surface area contributed by atoms with Crippen LogP contribution in [0, 0.1) is 0 Å². The summed E-state index contributed by atoms with van der Waals surface area (Å²) in [4.78, 5) is 6.55. The van der Waals surface area contributed by atoms with E-state index in [0.717, 1.165) is 25.2 Å². The number of nitrogens with zero attached hydrogens (tertiary/aromatic N) is 2. The van der Waals surface area contributed by atoms with Gasteiger partial charge in [-0.3, -0.25) is 4.98 Å². The van der Waals surface area contributed by atoms with Gasteiger partial charge in [-0.05, 0) is 32.8 Å². The Morgan fingerprint density at radius 2 is 2.20 bits per heavy atom. The van der Waals surface area contributed by atoms with E-state index in [1.165, 1.54) is 0 Å². The zero-order chi connectivity index (χ0) is 11.1. The minimum absolute atomic E-state index is 0.486. The molecule has 1 N–H and O–H groups in total. The molecule has 0 bridgehead atoms. The molecule has 3 heteroatoms. The summed E-state index contributed by atoms with van der Waals surface area (Å²) in [6, 6.07) is 6.57. The van der Waals surface area contributed by atoms with Gasteiger partial charge < -0.3 is 10.2 Å². The van der Waals surface area contributed by atoms with E-state index in [4.69, 9.17) is 0 Å². The number of likely N-dealkylation sites (N-methyl/N-ethyl adjacent to an activating group) is 2. The first-order valence-corrected chi connectivity index (χ1v) is 5.50. The maximum absolute atomic E-state index is 4.35. The zero-order valence-electron chi connectivity index (χ0n) is 9.90. The van der Waals surface area contributed by atoms with E-state index in [1.807, 2.05) is 18.3 Å². The fraction of sp³-hybridized carbons (Fsp3) is 0.583. The number of aromatic nitrogens is 1. The highest BCUT2D eigenvalue weighted by Crippen LogP contribution is 2.00. The SMILES string of the molecule is CCNC(Cc1ccccn1)CN(C)C. The van der Waals surface area contributed by atoms with Crippen LogP contribution in [0.15, 0.2) is 24.4 Å². The van der Waals surface area contributed by atoms with Crippen LogP contribution in [0.1, 0.15) is 12.6 Å². The molecule has 1 unspecified atom stereocenters. The van der Waals surface area contributed by atoms with Crippen LogP contribution in [0.4, 0.5) is 0 Å². The highest BCUT2D eigenvalue weighted by molar-refractivity contribution is 5.05. The lowest BCUT2D eigenvalue weighted by Crippen LogP contribution is -2.39. The molecule has 0 aliphatic carbocycles. The second-order valence-corrected chi connectivity index (χ2v) is 4.04. The molecule has 0 saturated carbocycles. The minimum atomic E-state index is 0.486. The summed E-state index contributed by atoms with van der Waals surface area (Å²) in [5.41, 5.74) is 1.16. The second kappa shape index (κ2) is 6.53. The molecule has 0 fully saturated rings. The predicted octanol–water partition coefficient (Wildman–Crippen LogP) is 1.16. The molecule has 3 nitrogen and oxygen atoms in total. The molecule has 15 heavy (non-hydrogen) atoms. The van der Waals surface area contributed by atoms with Gasteiger partial charge in [0, 0.05) is 30.9 Å². The minimum Gasteiger partial charge on any atom is -0.313 e. The summed E-state index contributed by atoms with van der Waals surface area (Å²) in [6.07, 6.45) is 2.85. The Morgan fingerprint density at radius 3 is 2.73 bits per heavy atom. The van der Waals surface area contributed by atoms with E-state index in [2.05, 4.69) is 42.3 Å². The molecule has 0 aromatic carbocycles. The number of nitrogens with one attached hydrogen (secondary N) is 1. The molecule has 1 aromatic heterocycles. The van der Waals surface area contributed by atoms with Crippen LogP contribution in [0.25, 0.3) is 0 Å². The molecule has 0 spiro atoms. The lowest BCUT2D eigenvalue weighted by molar-refractivity contribution is 0.338. The molecule has 1 rings (SSSR count). The van der Waals surface area contributed by atoms with Crippen LogP contribution in [-0.2, 0) is 6.42 Å². The fourth-order valence-corrected chi connectivity index (χ4v) is 1.70. The first kappa shape index (κ1) is 12.1. The van der Waals surface area contributed by atoms with Crippen LogP contribution in [0.5, 0.6) is 0 Å². The van der Waals surface area contributed by atoms with E-state index < -0.39 is 0 Å². The largest absolute Gasteiger partial charge is 0.313 e. The van der Waals surface area contributed by atoms with E-state index in [9.17, 15) is 0 Å². The van der Waals surface area contributed by atoms with Crippen molar-refractivity contribution < 1.29 is 0 Å². The van der Waals surface area contributed by atoms with E-state index >= 15 is 0 Å². The molecule has 0 saturated heterocycles. The summed E-state index contributed by atoms with van der Waals surface area (Å²) in [7, 11) is 4.20. The Hall–Kier alpha value is -0.930. The second-order valence-electron chi connectivity index (χ2n) is 4.04. The topological polar surface area (TPSA) is 28.2 Å². The van der Waals surface area contributed by atoms with Gasteiger partial charge in [-0.2, -0.15) is 0 Å². The third kappa shape index (κ3) is 4.91. The van der Waals surface area contributed by atoms with Crippen molar-refractivity contribution in [3.63, 3.8) is 0 Å². The molecule has 0 radical (unpaired) electrons. The number of hydrogen-bond acceptors (Lipinski definition) is 3. The van der Waals surface area contributed by atoms with Crippen LogP contribution >= 0.6 is 0 Å². The van der Waals surface area contributed by atoms with Gasteiger partial charge in [0.25, 0.3) is 0 Å². The van der Waals surface area contributed by atoms with Crippen molar-refractivity contribution in [1.29, 1.82) is 0 Å².